The Kier molecular flexibility index (Phi) is 13.9. The highest BCUT2D eigenvalue weighted by Gasteiger charge is 2.21. The van der Waals surface area contributed by atoms with Gasteiger partial charge in [-0.15, -0.1) is 0 Å². The fraction of sp³-hybridized carbons (Fsp3) is 0.625. The molecule has 2 unspecified atom stereocenters. The van der Waals surface area contributed by atoms with Gasteiger partial charge in [-0.1, -0.05) is 13.2 Å². The predicted octanol–water partition coefficient (Wildman–Crippen LogP) is 0.198. The van der Waals surface area contributed by atoms with Gasteiger partial charge in [0.25, 0.3) is 0 Å². The lowest BCUT2D eigenvalue weighted by Crippen LogP contribution is -2.45. The Balaban J connectivity index is -0.000000344. The largest absolute Gasteiger partial charge is 0.759 e. The molecule has 0 N–H and O–H groups in total. The Morgan fingerprint density at radius 2 is 1.00 bits per heavy atom. The van der Waals surface area contributed by atoms with E-state index < -0.39 is 10.4 Å². The quantitative estimate of drug-likeness (QED) is 0.151. The van der Waals surface area contributed by atoms with Gasteiger partial charge in [0.05, 0.1) is 42.3 Å². The first-order valence-electron chi connectivity index (χ1n) is 7.70. The van der Waals surface area contributed by atoms with Crippen molar-refractivity contribution in [3.8, 4) is 0 Å². The van der Waals surface area contributed by atoms with Crippen molar-refractivity contribution in [1.29, 1.82) is 0 Å². The Bertz CT molecular complexity index is 543. The minimum atomic E-state index is -5.17. The molecule has 27 heavy (non-hydrogen) atoms. The number of carbonyl (C=O) groups is 2. The smallest absolute Gasteiger partial charge is 0.334 e. The third kappa shape index (κ3) is 24.2. The molecular formula is C16H32N2O8S. The molecule has 0 aliphatic heterocycles. The van der Waals surface area contributed by atoms with Crippen LogP contribution in [0.2, 0.25) is 0 Å². The van der Waals surface area contributed by atoms with Crippen molar-refractivity contribution in [2.24, 2.45) is 0 Å². The topological polar surface area (TPSA) is 133 Å². The maximum Gasteiger partial charge on any atom is 0.334 e. The van der Waals surface area contributed by atoms with Gasteiger partial charge < -0.3 is 18.6 Å². The molecule has 11 heteroatoms. The SMILES string of the molecule is C=CC(=O)OC(C)[N+](C)(C)C.C=CC(=O)OC(C)[N+](C)(C)C.O=S(=O)([O-])[O-]. The molecule has 0 saturated carbocycles. The summed E-state index contributed by atoms with van der Waals surface area (Å²) in [7, 11) is 6.59. The normalized spacial score (nSPS) is 13.4. The molecule has 0 aliphatic rings. The number of hydrogen-bond acceptors (Lipinski definition) is 8. The molecule has 0 bridgehead atoms. The second-order valence-corrected chi connectivity index (χ2v) is 7.94. The van der Waals surface area contributed by atoms with Crippen LogP contribution < -0.4 is 0 Å². The molecule has 0 spiro atoms. The number of carbonyl (C=O) groups excluding carboxylic acids is 2. The van der Waals surface area contributed by atoms with Gasteiger partial charge in [0.2, 0.25) is 12.5 Å². The summed E-state index contributed by atoms with van der Waals surface area (Å²) in [6, 6.07) is 0. The highest BCUT2D eigenvalue weighted by Crippen LogP contribution is 2.04. The lowest BCUT2D eigenvalue weighted by Gasteiger charge is -2.29. The number of nitrogens with zero attached hydrogens (tertiary/aromatic N) is 2. The molecule has 10 nitrogen and oxygen atoms in total. The number of quaternary nitrogens is 2. The fourth-order valence-corrected chi connectivity index (χ4v) is 0.749. The van der Waals surface area contributed by atoms with Gasteiger partial charge in [-0.05, 0) is 0 Å². The zero-order valence-electron chi connectivity index (χ0n) is 17.3. The van der Waals surface area contributed by atoms with E-state index in [1.165, 1.54) is 12.2 Å². The maximum absolute atomic E-state index is 10.7. The molecule has 0 radical (unpaired) electrons. The molecule has 0 heterocycles. The summed E-state index contributed by atoms with van der Waals surface area (Å²) in [5, 5.41) is 0. The van der Waals surface area contributed by atoms with E-state index in [0.29, 0.717) is 8.97 Å². The van der Waals surface area contributed by atoms with E-state index in [0.717, 1.165) is 0 Å². The molecule has 0 aromatic carbocycles. The molecular weight excluding hydrogens is 380 g/mol. The number of ether oxygens (including phenoxy) is 2. The number of esters is 2. The first kappa shape index (κ1) is 30.0. The van der Waals surface area contributed by atoms with Crippen molar-refractivity contribution >= 4 is 22.3 Å². The van der Waals surface area contributed by atoms with E-state index in [1.54, 1.807) is 0 Å². The number of rotatable bonds is 6. The first-order chi connectivity index (χ1) is 11.8. The molecule has 0 saturated heterocycles. The predicted molar refractivity (Wildman–Crippen MR) is 98.0 cm³/mol. The molecule has 2 atom stereocenters. The minimum absolute atomic E-state index is 0.138. The van der Waals surface area contributed by atoms with Crippen molar-refractivity contribution in [2.45, 2.75) is 26.3 Å². The van der Waals surface area contributed by atoms with Crippen LogP contribution in [0.5, 0.6) is 0 Å². The van der Waals surface area contributed by atoms with Crippen molar-refractivity contribution in [3.05, 3.63) is 25.3 Å². The third-order valence-electron chi connectivity index (χ3n) is 3.09. The lowest BCUT2D eigenvalue weighted by molar-refractivity contribution is -0.914. The molecule has 0 rings (SSSR count). The van der Waals surface area contributed by atoms with Crippen molar-refractivity contribution < 1.29 is 45.6 Å². The van der Waals surface area contributed by atoms with Gasteiger partial charge in [0.1, 0.15) is 0 Å². The highest BCUT2D eigenvalue weighted by atomic mass is 32.3. The van der Waals surface area contributed by atoms with Crippen LogP contribution in [0.4, 0.5) is 0 Å². The van der Waals surface area contributed by atoms with E-state index in [1.807, 2.05) is 56.1 Å². The van der Waals surface area contributed by atoms with Gasteiger partial charge >= 0.3 is 11.9 Å². The van der Waals surface area contributed by atoms with Crippen LogP contribution in [0.3, 0.4) is 0 Å². The minimum Gasteiger partial charge on any atom is -0.759 e. The highest BCUT2D eigenvalue weighted by molar-refractivity contribution is 7.79. The van der Waals surface area contributed by atoms with E-state index in [4.69, 9.17) is 27.0 Å². The lowest BCUT2D eigenvalue weighted by atomic mass is 10.5. The van der Waals surface area contributed by atoms with Crippen molar-refractivity contribution in [3.63, 3.8) is 0 Å². The number of hydrogen-bond donors (Lipinski definition) is 0. The van der Waals surface area contributed by atoms with E-state index in [9.17, 15) is 9.59 Å². The van der Waals surface area contributed by atoms with Crippen LogP contribution in [0, 0.1) is 0 Å². The second kappa shape index (κ2) is 12.6. The van der Waals surface area contributed by atoms with Gasteiger partial charge in [-0.3, -0.25) is 17.4 Å². The van der Waals surface area contributed by atoms with Crippen molar-refractivity contribution in [2.75, 3.05) is 42.3 Å². The van der Waals surface area contributed by atoms with Gasteiger partial charge in [-0.25, -0.2) is 9.59 Å². The molecule has 0 fully saturated rings. The molecule has 0 aromatic heterocycles. The zero-order chi connectivity index (χ0) is 22.6. The second-order valence-electron chi connectivity index (χ2n) is 7.12. The summed E-state index contributed by atoms with van der Waals surface area (Å²) in [4.78, 5) is 21.4. The fourth-order valence-electron chi connectivity index (χ4n) is 0.749. The molecule has 160 valence electrons. The van der Waals surface area contributed by atoms with Crippen LogP contribution in [0.25, 0.3) is 0 Å². The van der Waals surface area contributed by atoms with E-state index in [2.05, 4.69) is 13.2 Å². The summed E-state index contributed by atoms with van der Waals surface area (Å²) < 4.78 is 45.2. The average Bonchev–Trinajstić information content (AvgIpc) is 2.43. The van der Waals surface area contributed by atoms with Gasteiger partial charge in [-0.2, -0.15) is 0 Å². The first-order valence-corrected chi connectivity index (χ1v) is 9.04. The van der Waals surface area contributed by atoms with Crippen LogP contribution in [-0.4, -0.2) is 93.2 Å². The zero-order valence-corrected chi connectivity index (χ0v) is 18.1. The Morgan fingerprint density at radius 1 is 0.815 bits per heavy atom. The molecule has 0 amide bonds. The van der Waals surface area contributed by atoms with E-state index >= 15 is 0 Å². The molecule has 0 aromatic rings. The van der Waals surface area contributed by atoms with Crippen LogP contribution in [-0.2, 0) is 29.5 Å². The van der Waals surface area contributed by atoms with Gasteiger partial charge in [0, 0.05) is 36.4 Å². The van der Waals surface area contributed by atoms with Crippen LogP contribution >= 0.6 is 0 Å². The van der Waals surface area contributed by atoms with Crippen LogP contribution in [0.1, 0.15) is 13.8 Å². The third-order valence-corrected chi connectivity index (χ3v) is 3.09. The molecule has 0 aliphatic carbocycles. The summed E-state index contributed by atoms with van der Waals surface area (Å²) >= 11 is 0. The van der Waals surface area contributed by atoms with Crippen LogP contribution in [0.15, 0.2) is 25.3 Å². The summed E-state index contributed by atoms with van der Waals surface area (Å²) in [6.45, 7) is 10.3. The summed E-state index contributed by atoms with van der Waals surface area (Å²) in [5.74, 6) is -0.740. The Labute approximate surface area is 162 Å². The van der Waals surface area contributed by atoms with Crippen molar-refractivity contribution in [1.82, 2.24) is 0 Å². The summed E-state index contributed by atoms with van der Waals surface area (Å²) in [6.07, 6.45) is 2.07. The maximum atomic E-state index is 10.7. The Morgan fingerprint density at radius 3 is 1.11 bits per heavy atom. The van der Waals surface area contributed by atoms with E-state index in [-0.39, 0.29) is 24.4 Å². The van der Waals surface area contributed by atoms with Gasteiger partial charge in [0.15, 0.2) is 0 Å². The monoisotopic (exact) mass is 412 g/mol. The Hall–Kier alpha value is -1.79. The summed E-state index contributed by atoms with van der Waals surface area (Å²) in [5.41, 5.74) is 0. The standard InChI is InChI=1S/2C8H16NO2.H2O4S/c2*1-6-8(10)11-7(2)9(3,4)5;1-5(2,3)4/h2*6-7H,1H2,2-5H3;(H2,1,2,3,4)/q2*+1;/p-2. The average molecular weight is 413 g/mol.